The average Bonchev–Trinajstić information content (AvgIpc) is 2.62. The van der Waals surface area contributed by atoms with E-state index in [0.717, 1.165) is 24.2 Å². The van der Waals surface area contributed by atoms with Crippen LogP contribution in [0.4, 0.5) is 0 Å². The molecule has 0 amide bonds. The summed E-state index contributed by atoms with van der Waals surface area (Å²) in [6.07, 6.45) is 2.81. The molecule has 1 N–H and O–H groups in total. The van der Waals surface area contributed by atoms with E-state index in [0.29, 0.717) is 0 Å². The maximum Gasteiger partial charge on any atom is 0.251 e. The van der Waals surface area contributed by atoms with E-state index in [1.54, 1.807) is 0 Å². The number of nitrogens with zero attached hydrogens (tertiary/aromatic N) is 1. The van der Waals surface area contributed by atoms with E-state index >= 15 is 0 Å². The number of aromatic nitrogens is 1. The van der Waals surface area contributed by atoms with Crippen LogP contribution >= 0.6 is 22.9 Å². The molecule has 0 aliphatic carbocycles. The lowest BCUT2D eigenvalue weighted by Crippen LogP contribution is -2.33. The second-order valence-corrected chi connectivity index (χ2v) is 6.62. The first-order chi connectivity index (χ1) is 6.99. The number of hydrogen-bond donors (Lipinski definition) is 1. The fraction of sp³-hybridized carbons (Fsp3) is 0.625. The predicted octanol–water partition coefficient (Wildman–Crippen LogP) is 2.26. The summed E-state index contributed by atoms with van der Waals surface area (Å²) in [5, 5.41) is 0. The maximum absolute atomic E-state index is 11.8. The molecule has 0 bridgehead atoms. The zero-order valence-corrected chi connectivity index (χ0v) is 10.9. The Morgan fingerprint density at radius 2 is 2.13 bits per heavy atom. The van der Waals surface area contributed by atoms with Gasteiger partial charge in [0.1, 0.15) is 0 Å². The van der Waals surface area contributed by atoms with Crippen LogP contribution in [0.5, 0.6) is 0 Å². The first-order valence-corrected chi connectivity index (χ1v) is 7.31. The highest BCUT2D eigenvalue weighted by Crippen LogP contribution is 2.22. The first kappa shape index (κ1) is 12.9. The number of nitrogens with one attached hydrogen (secondary N) is 1. The average molecular weight is 269 g/mol. The van der Waals surface area contributed by atoms with Crippen LogP contribution in [0.1, 0.15) is 26.7 Å². The molecule has 0 fully saturated rings. The van der Waals surface area contributed by atoms with Gasteiger partial charge in [-0.3, -0.25) is 0 Å². The van der Waals surface area contributed by atoms with E-state index in [1.165, 1.54) is 6.20 Å². The zero-order chi connectivity index (χ0) is 11.5. The lowest BCUT2D eigenvalue weighted by Gasteiger charge is -2.13. The van der Waals surface area contributed by atoms with Crippen LogP contribution in [0.25, 0.3) is 0 Å². The van der Waals surface area contributed by atoms with Gasteiger partial charge in [-0.15, -0.1) is 0 Å². The third-order valence-electron chi connectivity index (χ3n) is 2.03. The highest BCUT2D eigenvalue weighted by molar-refractivity contribution is 7.91. The van der Waals surface area contributed by atoms with E-state index in [2.05, 4.69) is 9.71 Å². The number of thiazole rings is 1. The molecule has 0 saturated heterocycles. The third-order valence-corrected chi connectivity index (χ3v) is 5.13. The van der Waals surface area contributed by atoms with Crippen molar-refractivity contribution in [3.63, 3.8) is 0 Å². The molecule has 0 aliphatic rings. The Labute approximate surface area is 98.7 Å². The number of rotatable bonds is 5. The van der Waals surface area contributed by atoms with Crippen molar-refractivity contribution in [2.45, 2.75) is 36.9 Å². The van der Waals surface area contributed by atoms with E-state index in [9.17, 15) is 8.42 Å². The summed E-state index contributed by atoms with van der Waals surface area (Å²) >= 11 is 6.55. The zero-order valence-electron chi connectivity index (χ0n) is 8.53. The third kappa shape index (κ3) is 3.41. The van der Waals surface area contributed by atoms with Gasteiger partial charge in [0.15, 0.2) is 8.68 Å². The SMILES string of the molecule is CCC(CC)NS(=O)(=O)c1cnc(Cl)s1. The molecule has 0 aliphatic heterocycles. The van der Waals surface area contributed by atoms with Gasteiger partial charge < -0.3 is 0 Å². The molecule has 0 radical (unpaired) electrons. The van der Waals surface area contributed by atoms with Gasteiger partial charge >= 0.3 is 0 Å². The quantitative estimate of drug-likeness (QED) is 0.891. The fourth-order valence-electron chi connectivity index (χ4n) is 1.10. The van der Waals surface area contributed by atoms with Crippen molar-refractivity contribution in [2.24, 2.45) is 0 Å². The molecule has 15 heavy (non-hydrogen) atoms. The van der Waals surface area contributed by atoms with Gasteiger partial charge in [0.2, 0.25) is 0 Å². The summed E-state index contributed by atoms with van der Waals surface area (Å²) in [7, 11) is -3.44. The van der Waals surface area contributed by atoms with Gasteiger partial charge in [-0.1, -0.05) is 36.8 Å². The van der Waals surface area contributed by atoms with Crippen molar-refractivity contribution in [1.82, 2.24) is 9.71 Å². The number of sulfonamides is 1. The molecule has 1 aromatic heterocycles. The van der Waals surface area contributed by atoms with Crippen LogP contribution < -0.4 is 4.72 Å². The summed E-state index contributed by atoms with van der Waals surface area (Å²) in [5.74, 6) is 0. The smallest absolute Gasteiger partial charge is 0.232 e. The highest BCUT2D eigenvalue weighted by Gasteiger charge is 2.20. The fourth-order valence-corrected chi connectivity index (χ4v) is 3.81. The Bertz CT molecular complexity index is 412. The molecular weight excluding hydrogens is 256 g/mol. The van der Waals surface area contributed by atoms with Gasteiger partial charge in [0, 0.05) is 6.04 Å². The summed E-state index contributed by atoms with van der Waals surface area (Å²) in [6.45, 7) is 3.88. The second-order valence-electron chi connectivity index (χ2n) is 3.07. The molecule has 0 spiro atoms. The summed E-state index contributed by atoms with van der Waals surface area (Å²) in [5.41, 5.74) is 0. The minimum Gasteiger partial charge on any atom is -0.232 e. The molecule has 0 aromatic carbocycles. The standard InChI is InChI=1S/C8H13ClN2O2S2/c1-3-6(4-2)11-15(12,13)7-5-10-8(9)14-7/h5-6,11H,3-4H2,1-2H3. The normalized spacial score (nSPS) is 12.3. The molecule has 1 aromatic rings. The Morgan fingerprint density at radius 1 is 1.53 bits per heavy atom. The summed E-state index contributed by atoms with van der Waals surface area (Å²) in [4.78, 5) is 3.71. The molecule has 0 atom stereocenters. The van der Waals surface area contributed by atoms with Gasteiger partial charge in [-0.25, -0.2) is 18.1 Å². The second kappa shape index (κ2) is 5.25. The van der Waals surface area contributed by atoms with Crippen molar-refractivity contribution in [2.75, 3.05) is 0 Å². The van der Waals surface area contributed by atoms with Crippen molar-refractivity contribution >= 4 is 33.0 Å². The molecule has 7 heteroatoms. The lowest BCUT2D eigenvalue weighted by atomic mass is 10.2. The van der Waals surface area contributed by atoms with Crippen LogP contribution in [-0.4, -0.2) is 19.4 Å². The van der Waals surface area contributed by atoms with Crippen molar-refractivity contribution in [3.05, 3.63) is 10.7 Å². The molecule has 0 unspecified atom stereocenters. The Kier molecular flexibility index (Phi) is 4.51. The minimum absolute atomic E-state index is 0.0316. The molecule has 4 nitrogen and oxygen atoms in total. The monoisotopic (exact) mass is 268 g/mol. The molecular formula is C8H13ClN2O2S2. The van der Waals surface area contributed by atoms with Crippen LogP contribution in [0, 0.1) is 0 Å². The van der Waals surface area contributed by atoms with Gasteiger partial charge in [0.05, 0.1) is 6.20 Å². The molecule has 86 valence electrons. The molecule has 1 rings (SSSR count). The minimum atomic E-state index is -3.44. The van der Waals surface area contributed by atoms with Gasteiger partial charge in [0.25, 0.3) is 10.0 Å². The van der Waals surface area contributed by atoms with E-state index in [1.807, 2.05) is 13.8 Å². The summed E-state index contributed by atoms with van der Waals surface area (Å²) in [6, 6.07) is -0.0316. The van der Waals surface area contributed by atoms with Crippen LogP contribution in [0.2, 0.25) is 4.47 Å². The lowest BCUT2D eigenvalue weighted by molar-refractivity contribution is 0.531. The Balaban J connectivity index is 2.84. The van der Waals surface area contributed by atoms with Crippen LogP contribution in [-0.2, 0) is 10.0 Å². The highest BCUT2D eigenvalue weighted by atomic mass is 35.5. The van der Waals surface area contributed by atoms with Crippen molar-refractivity contribution in [1.29, 1.82) is 0 Å². The topological polar surface area (TPSA) is 59.1 Å². The summed E-state index contributed by atoms with van der Waals surface area (Å²) < 4.78 is 26.6. The molecule has 1 heterocycles. The first-order valence-electron chi connectivity index (χ1n) is 4.63. The van der Waals surface area contributed by atoms with E-state index in [-0.39, 0.29) is 14.7 Å². The molecule has 0 saturated carbocycles. The van der Waals surface area contributed by atoms with E-state index < -0.39 is 10.0 Å². The maximum atomic E-state index is 11.8. The van der Waals surface area contributed by atoms with Gasteiger partial charge in [-0.05, 0) is 12.8 Å². The van der Waals surface area contributed by atoms with Crippen LogP contribution in [0.3, 0.4) is 0 Å². The Hall–Kier alpha value is -0.170. The largest absolute Gasteiger partial charge is 0.251 e. The number of hydrogen-bond acceptors (Lipinski definition) is 4. The van der Waals surface area contributed by atoms with Crippen LogP contribution in [0.15, 0.2) is 10.4 Å². The predicted molar refractivity (Wildman–Crippen MR) is 61.8 cm³/mol. The Morgan fingerprint density at radius 3 is 2.53 bits per heavy atom. The van der Waals surface area contributed by atoms with Crippen molar-refractivity contribution in [3.8, 4) is 0 Å². The number of halogens is 1. The van der Waals surface area contributed by atoms with E-state index in [4.69, 9.17) is 11.6 Å². The van der Waals surface area contributed by atoms with Crippen molar-refractivity contribution < 1.29 is 8.42 Å². The van der Waals surface area contributed by atoms with Gasteiger partial charge in [-0.2, -0.15) is 0 Å².